The summed E-state index contributed by atoms with van der Waals surface area (Å²) in [6.45, 7) is -2.80. The third-order valence-corrected chi connectivity index (χ3v) is 3.37. The van der Waals surface area contributed by atoms with E-state index in [1.54, 1.807) is 23.8 Å². The van der Waals surface area contributed by atoms with Crippen molar-refractivity contribution in [3.63, 3.8) is 0 Å². The highest BCUT2D eigenvalue weighted by Gasteiger charge is 2.06. The summed E-state index contributed by atoms with van der Waals surface area (Å²) in [7, 11) is 0. The Labute approximate surface area is 111 Å². The van der Waals surface area contributed by atoms with E-state index in [1.807, 2.05) is 6.07 Å². The average Bonchev–Trinajstić information content (AvgIpc) is 2.86. The van der Waals surface area contributed by atoms with Crippen LogP contribution < -0.4 is 4.74 Å². The van der Waals surface area contributed by atoms with Gasteiger partial charge in [-0.05, 0) is 23.8 Å². The molecule has 1 aromatic carbocycles. The van der Waals surface area contributed by atoms with E-state index in [-0.39, 0.29) is 5.75 Å². The molecule has 0 amide bonds. The van der Waals surface area contributed by atoms with Crippen LogP contribution in [0.25, 0.3) is 21.5 Å². The number of ether oxygens (including phenoxy) is 1. The molecule has 96 valence electrons. The Morgan fingerprint density at radius 2 is 1.84 bits per heavy atom. The van der Waals surface area contributed by atoms with Gasteiger partial charge >= 0.3 is 6.61 Å². The first-order chi connectivity index (χ1) is 9.22. The van der Waals surface area contributed by atoms with Gasteiger partial charge in [-0.1, -0.05) is 12.1 Å². The maximum absolute atomic E-state index is 12.0. The van der Waals surface area contributed by atoms with Crippen molar-refractivity contribution in [3.05, 3.63) is 42.0 Å². The van der Waals surface area contributed by atoms with Crippen LogP contribution in [0.2, 0.25) is 0 Å². The third kappa shape index (κ3) is 2.53. The molecule has 0 aliphatic carbocycles. The number of nitrogens with zero attached hydrogens (tertiary/aromatic N) is 2. The predicted molar refractivity (Wildman–Crippen MR) is 69.5 cm³/mol. The van der Waals surface area contributed by atoms with Crippen molar-refractivity contribution in [3.8, 4) is 16.9 Å². The molecule has 3 nitrogen and oxygen atoms in total. The molecule has 19 heavy (non-hydrogen) atoms. The lowest BCUT2D eigenvalue weighted by atomic mass is 10.1. The van der Waals surface area contributed by atoms with Crippen molar-refractivity contribution >= 4 is 21.7 Å². The fourth-order valence-corrected chi connectivity index (χ4v) is 2.41. The number of aromatic nitrogens is 2. The summed E-state index contributed by atoms with van der Waals surface area (Å²) in [5.74, 6) is 0.144. The van der Waals surface area contributed by atoms with Gasteiger partial charge in [-0.2, -0.15) is 8.78 Å². The van der Waals surface area contributed by atoms with Crippen molar-refractivity contribution < 1.29 is 13.5 Å². The van der Waals surface area contributed by atoms with Gasteiger partial charge in [0.2, 0.25) is 0 Å². The van der Waals surface area contributed by atoms with Gasteiger partial charge in [0, 0.05) is 11.8 Å². The highest BCUT2D eigenvalue weighted by Crippen LogP contribution is 2.26. The van der Waals surface area contributed by atoms with Crippen LogP contribution in [-0.4, -0.2) is 16.6 Å². The zero-order chi connectivity index (χ0) is 13.2. The molecule has 0 spiro atoms. The van der Waals surface area contributed by atoms with Crippen LogP contribution in [-0.2, 0) is 0 Å². The number of fused-ring (bicyclic) bond motifs is 1. The lowest BCUT2D eigenvalue weighted by Gasteiger charge is -2.05. The Morgan fingerprint density at radius 1 is 1.05 bits per heavy atom. The van der Waals surface area contributed by atoms with Crippen molar-refractivity contribution in [2.75, 3.05) is 0 Å². The van der Waals surface area contributed by atoms with Crippen LogP contribution in [0.4, 0.5) is 8.78 Å². The fourth-order valence-electron chi connectivity index (χ4n) is 1.74. The van der Waals surface area contributed by atoms with Crippen molar-refractivity contribution in [1.29, 1.82) is 0 Å². The largest absolute Gasteiger partial charge is 0.435 e. The molecule has 0 aliphatic heterocycles. The van der Waals surface area contributed by atoms with Gasteiger partial charge in [0.05, 0.1) is 10.2 Å². The van der Waals surface area contributed by atoms with E-state index in [0.29, 0.717) is 5.65 Å². The molecule has 0 unspecified atom stereocenters. The molecule has 6 heteroatoms. The van der Waals surface area contributed by atoms with E-state index >= 15 is 0 Å². The maximum atomic E-state index is 12.0. The molecule has 2 aromatic heterocycles. The number of benzene rings is 1. The van der Waals surface area contributed by atoms with Crippen LogP contribution >= 0.6 is 11.3 Å². The van der Waals surface area contributed by atoms with Crippen LogP contribution in [0.15, 0.2) is 42.0 Å². The Hall–Kier alpha value is -2.08. The van der Waals surface area contributed by atoms with Crippen LogP contribution in [0.1, 0.15) is 0 Å². The molecular formula is C13H8F2N2OS. The van der Waals surface area contributed by atoms with E-state index in [2.05, 4.69) is 14.7 Å². The van der Waals surface area contributed by atoms with Gasteiger partial charge in [0.25, 0.3) is 0 Å². The SMILES string of the molecule is FC(F)Oc1ccc(-c2cnc3ncsc3c2)cc1. The normalized spacial score (nSPS) is 11.1. The minimum atomic E-state index is -2.80. The average molecular weight is 278 g/mol. The number of hydrogen-bond acceptors (Lipinski definition) is 4. The topological polar surface area (TPSA) is 35.0 Å². The summed E-state index contributed by atoms with van der Waals surface area (Å²) in [5, 5.41) is 0. The first-order valence-electron chi connectivity index (χ1n) is 5.47. The first-order valence-corrected chi connectivity index (χ1v) is 6.35. The minimum Gasteiger partial charge on any atom is -0.435 e. The van der Waals surface area contributed by atoms with Crippen molar-refractivity contribution in [1.82, 2.24) is 9.97 Å². The zero-order valence-corrected chi connectivity index (χ0v) is 10.4. The first kappa shape index (κ1) is 12.0. The third-order valence-electron chi connectivity index (χ3n) is 2.60. The Kier molecular flexibility index (Phi) is 3.08. The van der Waals surface area contributed by atoms with E-state index in [1.165, 1.54) is 23.5 Å². The fraction of sp³-hybridized carbons (Fsp3) is 0.0769. The minimum absolute atomic E-state index is 0.144. The Balaban J connectivity index is 1.92. The second-order valence-electron chi connectivity index (χ2n) is 3.80. The summed E-state index contributed by atoms with van der Waals surface area (Å²) in [6.07, 6.45) is 1.71. The van der Waals surface area contributed by atoms with Crippen molar-refractivity contribution in [2.45, 2.75) is 6.61 Å². The van der Waals surface area contributed by atoms with Crippen LogP contribution in [0, 0.1) is 0 Å². The Bertz CT molecular complexity index is 697. The van der Waals surface area contributed by atoms with Gasteiger partial charge < -0.3 is 4.74 Å². The summed E-state index contributed by atoms with van der Waals surface area (Å²) in [5.41, 5.74) is 4.26. The molecule has 0 radical (unpaired) electrons. The molecule has 0 N–H and O–H groups in total. The van der Waals surface area contributed by atoms with E-state index in [0.717, 1.165) is 15.8 Å². The Morgan fingerprint density at radius 3 is 2.58 bits per heavy atom. The van der Waals surface area contributed by atoms with Crippen molar-refractivity contribution in [2.24, 2.45) is 0 Å². The molecule has 0 bridgehead atoms. The highest BCUT2D eigenvalue weighted by atomic mass is 32.1. The van der Waals surface area contributed by atoms with E-state index < -0.39 is 6.61 Å². The summed E-state index contributed by atoms with van der Waals surface area (Å²) in [6, 6.07) is 8.45. The number of rotatable bonds is 3. The molecule has 0 fully saturated rings. The number of thiazole rings is 1. The smallest absolute Gasteiger partial charge is 0.387 e. The van der Waals surface area contributed by atoms with Gasteiger partial charge in [-0.3, -0.25) is 0 Å². The highest BCUT2D eigenvalue weighted by molar-refractivity contribution is 7.16. The molecule has 0 aliphatic rings. The molecule has 0 saturated heterocycles. The summed E-state index contributed by atoms with van der Waals surface area (Å²) in [4.78, 5) is 8.34. The number of halogens is 2. The molecule has 3 rings (SSSR count). The van der Waals surface area contributed by atoms with Gasteiger partial charge in [-0.25, -0.2) is 9.97 Å². The van der Waals surface area contributed by atoms with Gasteiger partial charge in [-0.15, -0.1) is 11.3 Å². The lowest BCUT2D eigenvalue weighted by molar-refractivity contribution is -0.0498. The monoisotopic (exact) mass is 278 g/mol. The molecule has 3 aromatic rings. The molecule has 0 atom stereocenters. The quantitative estimate of drug-likeness (QED) is 0.727. The van der Waals surface area contributed by atoms with E-state index in [4.69, 9.17) is 0 Å². The summed E-state index contributed by atoms with van der Waals surface area (Å²) >= 11 is 1.51. The van der Waals surface area contributed by atoms with Gasteiger partial charge in [0.15, 0.2) is 5.65 Å². The number of alkyl halides is 2. The lowest BCUT2D eigenvalue weighted by Crippen LogP contribution is -2.01. The summed E-state index contributed by atoms with van der Waals surface area (Å²) < 4.78 is 29.4. The number of hydrogen-bond donors (Lipinski definition) is 0. The standard InChI is InChI=1S/C13H8F2N2OS/c14-13(15)18-10-3-1-8(2-4-10)9-5-11-12(16-6-9)17-7-19-11/h1-7,13H. The zero-order valence-electron chi connectivity index (χ0n) is 9.59. The predicted octanol–water partition coefficient (Wildman–Crippen LogP) is 3.96. The molecule has 0 saturated carbocycles. The second kappa shape index (κ2) is 4.89. The van der Waals surface area contributed by atoms with Crippen LogP contribution in [0.5, 0.6) is 5.75 Å². The molecule has 2 heterocycles. The molecular weight excluding hydrogens is 270 g/mol. The number of pyridine rings is 1. The maximum Gasteiger partial charge on any atom is 0.387 e. The second-order valence-corrected chi connectivity index (χ2v) is 4.69. The van der Waals surface area contributed by atoms with Crippen LogP contribution in [0.3, 0.4) is 0 Å². The van der Waals surface area contributed by atoms with Gasteiger partial charge in [0.1, 0.15) is 5.75 Å². The van der Waals surface area contributed by atoms with E-state index in [9.17, 15) is 8.78 Å².